The van der Waals surface area contributed by atoms with Crippen molar-refractivity contribution in [3.05, 3.63) is 35.9 Å². The minimum absolute atomic E-state index is 0. The number of hydrogen-bond acceptors (Lipinski definition) is 3. The number of carbonyl (C=O) groups is 1. The first-order valence-corrected chi connectivity index (χ1v) is 7.44. The summed E-state index contributed by atoms with van der Waals surface area (Å²) in [5, 5.41) is 10.2. The fraction of sp³-hybridized carbons (Fsp3) is 0.562. The smallest absolute Gasteiger partial charge is 0.256 e. The zero-order valence-corrected chi connectivity index (χ0v) is 12.8. The number of aliphatic hydroxyl groups is 1. The molecule has 5 heteroatoms. The number of hydrogen-bond donors (Lipinski definition) is 2. The van der Waals surface area contributed by atoms with Crippen LogP contribution in [-0.4, -0.2) is 35.0 Å². The quantitative estimate of drug-likeness (QED) is 0.874. The van der Waals surface area contributed by atoms with Crippen LogP contribution in [0.2, 0.25) is 0 Å². The van der Waals surface area contributed by atoms with Crippen LogP contribution >= 0.6 is 12.4 Å². The molecule has 4 nitrogen and oxygen atoms in total. The third kappa shape index (κ3) is 3.23. The standard InChI is InChI=1S/C16H22N2O2.ClH/c17-14-8-4-7-12-9-18(10-13(12)14)16(20)15(19)11-5-2-1-3-6-11;/h1-3,5-6,12-15,19H,4,7-10,17H2;1H. The molecule has 116 valence electrons. The largest absolute Gasteiger partial charge is 0.378 e. The molecule has 0 bridgehead atoms. The Bertz CT molecular complexity index is 482. The Morgan fingerprint density at radius 3 is 2.62 bits per heavy atom. The van der Waals surface area contributed by atoms with Crippen LogP contribution in [0.5, 0.6) is 0 Å². The summed E-state index contributed by atoms with van der Waals surface area (Å²) in [7, 11) is 0. The number of nitrogens with two attached hydrogens (primary N) is 1. The molecule has 1 heterocycles. The van der Waals surface area contributed by atoms with Crippen molar-refractivity contribution in [2.45, 2.75) is 31.4 Å². The van der Waals surface area contributed by atoms with Gasteiger partial charge in [0.2, 0.25) is 0 Å². The molecule has 2 aliphatic rings. The zero-order valence-electron chi connectivity index (χ0n) is 12.0. The number of aliphatic hydroxyl groups excluding tert-OH is 1. The molecule has 4 atom stereocenters. The van der Waals surface area contributed by atoms with Gasteiger partial charge in [-0.25, -0.2) is 0 Å². The minimum atomic E-state index is -1.05. The minimum Gasteiger partial charge on any atom is -0.378 e. The molecule has 4 unspecified atom stereocenters. The molecule has 0 aromatic heterocycles. The van der Waals surface area contributed by atoms with Gasteiger partial charge in [0, 0.05) is 19.1 Å². The number of nitrogens with zero attached hydrogens (tertiary/aromatic N) is 1. The highest BCUT2D eigenvalue weighted by Crippen LogP contribution is 2.36. The third-order valence-corrected chi connectivity index (χ3v) is 4.81. The molecular formula is C16H23ClN2O2. The number of amides is 1. The van der Waals surface area contributed by atoms with Crippen molar-refractivity contribution in [2.75, 3.05) is 13.1 Å². The number of fused-ring (bicyclic) bond motifs is 1. The summed E-state index contributed by atoms with van der Waals surface area (Å²) in [6.07, 6.45) is 2.33. The van der Waals surface area contributed by atoms with Crippen LogP contribution in [0.4, 0.5) is 0 Å². The summed E-state index contributed by atoms with van der Waals surface area (Å²) >= 11 is 0. The lowest BCUT2D eigenvalue weighted by molar-refractivity contribution is -0.139. The van der Waals surface area contributed by atoms with Crippen LogP contribution in [-0.2, 0) is 4.79 Å². The highest BCUT2D eigenvalue weighted by atomic mass is 35.5. The molecule has 1 aromatic carbocycles. The van der Waals surface area contributed by atoms with Crippen molar-refractivity contribution in [2.24, 2.45) is 17.6 Å². The molecular weight excluding hydrogens is 288 g/mol. The van der Waals surface area contributed by atoms with Gasteiger partial charge in [-0.1, -0.05) is 36.8 Å². The highest BCUT2D eigenvalue weighted by Gasteiger charge is 2.41. The maximum atomic E-state index is 12.4. The Morgan fingerprint density at radius 1 is 1.24 bits per heavy atom. The summed E-state index contributed by atoms with van der Waals surface area (Å²) in [4.78, 5) is 14.2. The summed E-state index contributed by atoms with van der Waals surface area (Å²) in [5.41, 5.74) is 6.83. The van der Waals surface area contributed by atoms with Crippen molar-refractivity contribution in [3.63, 3.8) is 0 Å². The monoisotopic (exact) mass is 310 g/mol. The Morgan fingerprint density at radius 2 is 1.95 bits per heavy atom. The fourth-order valence-corrected chi connectivity index (χ4v) is 3.65. The molecule has 0 radical (unpaired) electrons. The number of rotatable bonds is 2. The highest BCUT2D eigenvalue weighted by molar-refractivity contribution is 5.85. The lowest BCUT2D eigenvalue weighted by Gasteiger charge is -2.29. The Kier molecular flexibility index (Phi) is 5.25. The van der Waals surface area contributed by atoms with Gasteiger partial charge in [-0.05, 0) is 30.2 Å². The normalized spacial score (nSPS) is 29.4. The average molecular weight is 311 g/mol. The summed E-state index contributed by atoms with van der Waals surface area (Å²) in [6.45, 7) is 1.45. The van der Waals surface area contributed by atoms with Crippen molar-refractivity contribution in [1.29, 1.82) is 0 Å². The number of likely N-dealkylation sites (tertiary alicyclic amines) is 1. The van der Waals surface area contributed by atoms with E-state index in [2.05, 4.69) is 0 Å². The van der Waals surface area contributed by atoms with Crippen LogP contribution in [0.25, 0.3) is 0 Å². The first kappa shape index (κ1) is 16.3. The number of carbonyl (C=O) groups excluding carboxylic acids is 1. The van der Waals surface area contributed by atoms with E-state index >= 15 is 0 Å². The summed E-state index contributed by atoms with van der Waals surface area (Å²) in [5.74, 6) is 0.749. The average Bonchev–Trinajstić information content (AvgIpc) is 2.92. The molecule has 1 aliphatic heterocycles. The lowest BCUT2D eigenvalue weighted by Crippen LogP contribution is -2.39. The van der Waals surface area contributed by atoms with E-state index in [0.29, 0.717) is 23.9 Å². The predicted octanol–water partition coefficient (Wildman–Crippen LogP) is 1.73. The van der Waals surface area contributed by atoms with E-state index in [4.69, 9.17) is 5.73 Å². The maximum Gasteiger partial charge on any atom is 0.256 e. The van der Waals surface area contributed by atoms with Gasteiger partial charge in [0.1, 0.15) is 0 Å². The molecule has 3 rings (SSSR count). The fourth-order valence-electron chi connectivity index (χ4n) is 3.65. The van der Waals surface area contributed by atoms with Gasteiger partial charge in [0.05, 0.1) is 0 Å². The van der Waals surface area contributed by atoms with E-state index in [0.717, 1.165) is 25.8 Å². The second-order valence-electron chi connectivity index (χ2n) is 6.08. The van der Waals surface area contributed by atoms with Crippen LogP contribution in [0.15, 0.2) is 30.3 Å². The van der Waals surface area contributed by atoms with E-state index < -0.39 is 6.10 Å². The molecule has 1 aromatic rings. The van der Waals surface area contributed by atoms with Crippen LogP contribution < -0.4 is 5.73 Å². The molecule has 1 aliphatic carbocycles. The molecule has 1 amide bonds. The van der Waals surface area contributed by atoms with Gasteiger partial charge in [-0.3, -0.25) is 4.79 Å². The molecule has 2 fully saturated rings. The first-order valence-electron chi connectivity index (χ1n) is 7.44. The van der Waals surface area contributed by atoms with Gasteiger partial charge < -0.3 is 15.7 Å². The summed E-state index contributed by atoms with van der Waals surface area (Å²) in [6, 6.07) is 9.34. The predicted molar refractivity (Wildman–Crippen MR) is 84.0 cm³/mol. The molecule has 1 saturated heterocycles. The molecule has 3 N–H and O–H groups in total. The van der Waals surface area contributed by atoms with E-state index in [-0.39, 0.29) is 24.4 Å². The van der Waals surface area contributed by atoms with Gasteiger partial charge in [-0.15, -0.1) is 12.4 Å². The van der Waals surface area contributed by atoms with E-state index in [9.17, 15) is 9.90 Å². The first-order chi connectivity index (χ1) is 9.66. The van der Waals surface area contributed by atoms with Crippen molar-refractivity contribution in [1.82, 2.24) is 4.90 Å². The number of benzene rings is 1. The lowest BCUT2D eigenvalue weighted by atomic mass is 9.78. The van der Waals surface area contributed by atoms with Crippen molar-refractivity contribution >= 4 is 18.3 Å². The van der Waals surface area contributed by atoms with Crippen LogP contribution in [0.3, 0.4) is 0 Å². The molecule has 21 heavy (non-hydrogen) atoms. The van der Waals surface area contributed by atoms with Crippen molar-refractivity contribution < 1.29 is 9.90 Å². The van der Waals surface area contributed by atoms with E-state index in [1.54, 1.807) is 17.0 Å². The Hall–Kier alpha value is -1.10. The molecule has 0 spiro atoms. The van der Waals surface area contributed by atoms with E-state index in [1.165, 1.54) is 0 Å². The van der Waals surface area contributed by atoms with Gasteiger partial charge in [-0.2, -0.15) is 0 Å². The Labute approximate surface area is 131 Å². The third-order valence-electron chi connectivity index (χ3n) is 4.81. The second kappa shape index (κ2) is 6.77. The van der Waals surface area contributed by atoms with Gasteiger partial charge in [0.15, 0.2) is 6.10 Å². The van der Waals surface area contributed by atoms with Crippen LogP contribution in [0, 0.1) is 11.8 Å². The zero-order chi connectivity index (χ0) is 14.1. The second-order valence-corrected chi connectivity index (χ2v) is 6.08. The van der Waals surface area contributed by atoms with E-state index in [1.807, 2.05) is 18.2 Å². The maximum absolute atomic E-state index is 12.4. The van der Waals surface area contributed by atoms with Gasteiger partial charge in [0.25, 0.3) is 5.91 Å². The summed E-state index contributed by atoms with van der Waals surface area (Å²) < 4.78 is 0. The SMILES string of the molecule is Cl.NC1CCCC2CN(C(=O)C(O)c3ccccc3)CC12. The number of halogens is 1. The Balaban J connectivity index is 0.00000161. The molecule has 1 saturated carbocycles. The van der Waals surface area contributed by atoms with Gasteiger partial charge >= 0.3 is 0 Å². The van der Waals surface area contributed by atoms with Crippen LogP contribution in [0.1, 0.15) is 30.9 Å². The topological polar surface area (TPSA) is 66.6 Å². The van der Waals surface area contributed by atoms with Crippen molar-refractivity contribution in [3.8, 4) is 0 Å².